The lowest BCUT2D eigenvalue weighted by molar-refractivity contribution is 0.0352. The van der Waals surface area contributed by atoms with Crippen LogP contribution in [0.25, 0.3) is 0 Å². The Labute approximate surface area is 220 Å². The molecule has 0 spiro atoms. The molecule has 37 heavy (non-hydrogen) atoms. The van der Waals surface area contributed by atoms with Crippen molar-refractivity contribution >= 4 is 15.9 Å². The summed E-state index contributed by atoms with van der Waals surface area (Å²) < 4.78 is 38.7. The van der Waals surface area contributed by atoms with Crippen LogP contribution in [-0.2, 0) is 25.9 Å². The van der Waals surface area contributed by atoms with E-state index in [0.717, 1.165) is 36.0 Å². The van der Waals surface area contributed by atoms with Crippen molar-refractivity contribution in [3.8, 4) is 0 Å². The van der Waals surface area contributed by atoms with E-state index in [1.165, 1.54) is 0 Å². The van der Waals surface area contributed by atoms with Gasteiger partial charge in [-0.15, -0.1) is 0 Å². The van der Waals surface area contributed by atoms with Crippen LogP contribution in [0.15, 0.2) is 53.4 Å². The molecule has 0 radical (unpaired) electrons. The van der Waals surface area contributed by atoms with Crippen LogP contribution in [0.4, 0.5) is 4.79 Å². The molecule has 3 fully saturated rings. The summed E-state index contributed by atoms with van der Waals surface area (Å²) in [5.41, 5.74) is 2.78. The Hall–Kier alpha value is -2.42. The minimum Gasteiger partial charge on any atom is -0.445 e. The van der Waals surface area contributed by atoms with Gasteiger partial charge >= 0.3 is 6.09 Å². The van der Waals surface area contributed by atoms with Crippen LogP contribution in [0.3, 0.4) is 0 Å². The zero-order chi connectivity index (χ0) is 26.0. The number of hydrogen-bond acceptors (Lipinski definition) is 6. The summed E-state index contributed by atoms with van der Waals surface area (Å²) in [5, 5.41) is 2.69. The maximum atomic E-state index is 13.7. The molecule has 0 unspecified atom stereocenters. The smallest absolute Gasteiger partial charge is 0.410 e. The first kappa shape index (κ1) is 26.2. The second-order valence-corrected chi connectivity index (χ2v) is 13.0. The highest BCUT2D eigenvalue weighted by Crippen LogP contribution is 2.44. The molecule has 2 saturated heterocycles. The highest BCUT2D eigenvalue weighted by atomic mass is 32.2. The van der Waals surface area contributed by atoms with Gasteiger partial charge in [0, 0.05) is 25.8 Å². The van der Waals surface area contributed by atoms with Crippen molar-refractivity contribution in [2.24, 2.45) is 17.8 Å². The number of benzene rings is 2. The Morgan fingerprint density at radius 3 is 2.57 bits per heavy atom. The monoisotopic (exact) mass is 526 g/mol. The molecule has 2 aromatic carbocycles. The first-order chi connectivity index (χ1) is 17.8. The van der Waals surface area contributed by atoms with Crippen molar-refractivity contribution in [3.05, 3.63) is 65.2 Å². The van der Waals surface area contributed by atoms with Crippen molar-refractivity contribution in [2.45, 2.75) is 62.4 Å². The number of hydrogen-bond donors (Lipinski definition) is 1. The van der Waals surface area contributed by atoms with E-state index in [1.807, 2.05) is 61.2 Å². The van der Waals surface area contributed by atoms with Gasteiger partial charge in [-0.2, -0.15) is 0 Å². The fourth-order valence-electron chi connectivity index (χ4n) is 6.38. The molecule has 200 valence electrons. The van der Waals surface area contributed by atoms with Crippen LogP contribution in [0.1, 0.15) is 42.4 Å². The minimum absolute atomic E-state index is 0.0277. The van der Waals surface area contributed by atoms with Gasteiger partial charge in [-0.3, -0.25) is 0 Å². The fourth-order valence-corrected chi connectivity index (χ4v) is 8.53. The van der Waals surface area contributed by atoms with Crippen LogP contribution in [0, 0.1) is 31.6 Å². The maximum Gasteiger partial charge on any atom is 0.410 e. The normalized spacial score (nSPS) is 26.1. The lowest BCUT2D eigenvalue weighted by Crippen LogP contribution is -2.45. The number of carbonyl (C=O) groups excluding carboxylic acids is 1. The summed E-state index contributed by atoms with van der Waals surface area (Å²) in [6.07, 6.45) is 3.00. The third-order valence-corrected chi connectivity index (χ3v) is 10.6. The Morgan fingerprint density at radius 2 is 1.84 bits per heavy atom. The number of aryl methyl sites for hydroxylation is 2. The number of nitrogens with zero attached hydrogens (tertiary/aromatic N) is 1. The topological polar surface area (TPSA) is 84.9 Å². The Bertz CT molecular complexity index is 1200. The third kappa shape index (κ3) is 5.71. The standard InChI is InChI=1S/C29H38N2O5S/c1-20-8-9-27(21(2)14-20)37(33,34)28-26-16-25(15-24(26)17-30-28)31(18-22-10-12-35-13-11-22)29(32)36-19-23-6-4-3-5-7-23/h3-9,14,22,24-26,28,30H,10-13,15-19H2,1-2H3/t24-,25+,26+,28+/m1/s1. The summed E-state index contributed by atoms with van der Waals surface area (Å²) in [6, 6.07) is 15.2. The third-order valence-electron chi connectivity index (χ3n) is 8.34. The van der Waals surface area contributed by atoms with E-state index >= 15 is 0 Å². The molecule has 2 heterocycles. The molecule has 7 nitrogen and oxygen atoms in total. The van der Waals surface area contributed by atoms with Crippen molar-refractivity contribution in [3.63, 3.8) is 0 Å². The fraction of sp³-hybridized carbons (Fsp3) is 0.552. The van der Waals surface area contributed by atoms with Gasteiger partial charge < -0.3 is 19.7 Å². The number of amides is 1. The summed E-state index contributed by atoms with van der Waals surface area (Å²) in [6.45, 7) is 6.78. The van der Waals surface area contributed by atoms with Gasteiger partial charge in [0.15, 0.2) is 9.84 Å². The Morgan fingerprint density at radius 1 is 1.08 bits per heavy atom. The highest BCUT2D eigenvalue weighted by molar-refractivity contribution is 7.92. The Kier molecular flexibility index (Phi) is 7.88. The van der Waals surface area contributed by atoms with Crippen LogP contribution in [-0.4, -0.2) is 57.1 Å². The summed E-state index contributed by atoms with van der Waals surface area (Å²) in [5.74, 6) is 0.552. The summed E-state index contributed by atoms with van der Waals surface area (Å²) >= 11 is 0. The predicted molar refractivity (Wildman–Crippen MR) is 142 cm³/mol. The molecule has 4 atom stereocenters. The van der Waals surface area contributed by atoms with Crippen LogP contribution in [0.5, 0.6) is 0 Å². The average Bonchev–Trinajstić information content (AvgIpc) is 3.48. The van der Waals surface area contributed by atoms with E-state index in [-0.39, 0.29) is 30.6 Å². The van der Waals surface area contributed by atoms with Crippen molar-refractivity contribution < 1.29 is 22.7 Å². The van der Waals surface area contributed by atoms with Crippen LogP contribution < -0.4 is 5.32 Å². The van der Waals surface area contributed by atoms with Crippen molar-refractivity contribution in [1.29, 1.82) is 0 Å². The number of sulfone groups is 1. The number of ether oxygens (including phenoxy) is 2. The van der Waals surface area contributed by atoms with Gasteiger partial charge in [0.25, 0.3) is 0 Å². The lowest BCUT2D eigenvalue weighted by Gasteiger charge is -2.34. The average molecular weight is 527 g/mol. The van der Waals surface area contributed by atoms with Gasteiger partial charge in [0.1, 0.15) is 12.0 Å². The van der Waals surface area contributed by atoms with E-state index in [0.29, 0.717) is 43.5 Å². The molecule has 1 amide bonds. The summed E-state index contributed by atoms with van der Waals surface area (Å²) in [4.78, 5) is 15.7. The highest BCUT2D eigenvalue weighted by Gasteiger charge is 2.51. The zero-order valence-electron chi connectivity index (χ0n) is 21.8. The molecule has 1 aliphatic carbocycles. The lowest BCUT2D eigenvalue weighted by atomic mass is 9.98. The van der Waals surface area contributed by atoms with Gasteiger partial charge in [0.2, 0.25) is 0 Å². The molecule has 0 aromatic heterocycles. The maximum absolute atomic E-state index is 13.7. The second kappa shape index (κ2) is 11.1. The first-order valence-corrected chi connectivity index (χ1v) is 15.0. The molecular formula is C29H38N2O5S. The second-order valence-electron chi connectivity index (χ2n) is 10.9. The van der Waals surface area contributed by atoms with E-state index in [4.69, 9.17) is 9.47 Å². The van der Waals surface area contributed by atoms with Crippen molar-refractivity contribution in [2.75, 3.05) is 26.3 Å². The van der Waals surface area contributed by atoms with Crippen LogP contribution >= 0.6 is 0 Å². The quantitative estimate of drug-likeness (QED) is 0.573. The largest absolute Gasteiger partial charge is 0.445 e. The predicted octanol–water partition coefficient (Wildman–Crippen LogP) is 4.47. The van der Waals surface area contributed by atoms with E-state index in [1.54, 1.807) is 6.07 Å². The zero-order valence-corrected chi connectivity index (χ0v) is 22.6. The van der Waals surface area contributed by atoms with E-state index in [9.17, 15) is 13.2 Å². The molecule has 3 aliphatic rings. The molecule has 2 aromatic rings. The molecule has 8 heteroatoms. The van der Waals surface area contributed by atoms with Gasteiger partial charge in [-0.1, -0.05) is 48.0 Å². The number of rotatable bonds is 7. The van der Waals surface area contributed by atoms with Crippen molar-refractivity contribution in [1.82, 2.24) is 10.2 Å². The molecule has 1 N–H and O–H groups in total. The minimum atomic E-state index is -3.55. The number of carbonyl (C=O) groups is 1. The van der Waals surface area contributed by atoms with Gasteiger partial charge in [-0.05, 0) is 81.0 Å². The van der Waals surface area contributed by atoms with Gasteiger partial charge in [0.05, 0.1) is 4.90 Å². The van der Waals surface area contributed by atoms with Crippen LogP contribution in [0.2, 0.25) is 0 Å². The number of fused-ring (bicyclic) bond motifs is 1. The molecule has 2 aliphatic heterocycles. The first-order valence-electron chi connectivity index (χ1n) is 13.4. The van der Waals surface area contributed by atoms with E-state index < -0.39 is 15.2 Å². The SMILES string of the molecule is Cc1ccc(S(=O)(=O)[C@@H]2NC[C@H]3C[C@H](N(CC4CCOCC4)C(=O)OCc4ccccc4)C[C@@H]32)c(C)c1. The Balaban J connectivity index is 1.32. The molecule has 1 saturated carbocycles. The number of nitrogens with one attached hydrogen (secondary N) is 1. The van der Waals surface area contributed by atoms with E-state index in [2.05, 4.69) is 5.32 Å². The molecular weight excluding hydrogens is 488 g/mol. The molecule has 5 rings (SSSR count). The summed E-state index contributed by atoms with van der Waals surface area (Å²) in [7, 11) is -3.55. The molecule has 0 bridgehead atoms. The van der Waals surface area contributed by atoms with Gasteiger partial charge in [-0.25, -0.2) is 13.2 Å².